The van der Waals surface area contributed by atoms with E-state index >= 15 is 0 Å². The second-order valence-corrected chi connectivity index (χ2v) is 9.90. The van der Waals surface area contributed by atoms with Gasteiger partial charge in [-0.2, -0.15) is 0 Å². The number of pyridine rings is 1. The minimum Gasteiger partial charge on any atom is -0.427 e. The summed E-state index contributed by atoms with van der Waals surface area (Å²) in [6, 6.07) is 30.0. The Labute approximate surface area is 213 Å². The zero-order valence-electron chi connectivity index (χ0n) is 21.2. The Bertz CT molecular complexity index is 1390. The van der Waals surface area contributed by atoms with Gasteiger partial charge in [-0.15, -0.1) is 0 Å². The molecule has 182 valence electrons. The molecule has 1 aromatic heterocycles. The second-order valence-electron chi connectivity index (χ2n) is 9.90. The number of amidine groups is 1. The fraction of sp³-hybridized carbons (Fsp3) is 0.200. The highest BCUT2D eigenvalue weighted by Crippen LogP contribution is 2.24. The van der Waals surface area contributed by atoms with Crippen LogP contribution in [0.3, 0.4) is 0 Å². The van der Waals surface area contributed by atoms with E-state index < -0.39 is 11.2 Å². The fourth-order valence-corrected chi connectivity index (χ4v) is 3.59. The number of hydrogen-bond acceptors (Lipinski definition) is 3. The molecule has 0 saturated carbocycles. The summed E-state index contributed by atoms with van der Waals surface area (Å²) in [5.74, 6) is 0.167. The first-order valence-electron chi connectivity index (χ1n) is 12.1. The average Bonchev–Trinajstić information content (AvgIpc) is 2.88. The first-order valence-corrected chi connectivity index (χ1v) is 12.1. The molecule has 6 heteroatoms. The summed E-state index contributed by atoms with van der Waals surface area (Å²) in [7, 11) is 0.370. The number of benzene rings is 3. The molecular formula is C30H32BN3O2. The number of aliphatic hydroxyl groups is 1. The molecule has 0 bridgehead atoms. The normalized spacial score (nSPS) is 12.4. The molecule has 0 radical (unpaired) electrons. The van der Waals surface area contributed by atoms with E-state index in [1.165, 1.54) is 0 Å². The Hall–Kier alpha value is -3.74. The van der Waals surface area contributed by atoms with Crippen molar-refractivity contribution in [2.75, 3.05) is 0 Å². The van der Waals surface area contributed by atoms with Crippen LogP contribution < -0.4 is 11.0 Å². The average molecular weight is 477 g/mol. The van der Waals surface area contributed by atoms with Crippen LogP contribution >= 0.6 is 0 Å². The molecule has 0 aliphatic carbocycles. The number of nitrogens with one attached hydrogen (secondary N) is 2. The molecule has 0 aliphatic heterocycles. The van der Waals surface area contributed by atoms with Crippen molar-refractivity contribution in [2.45, 2.75) is 38.9 Å². The lowest BCUT2D eigenvalue weighted by Gasteiger charge is -2.37. The second kappa shape index (κ2) is 10.5. The maximum Gasteiger partial charge on any atom is 0.309 e. The van der Waals surface area contributed by atoms with E-state index in [1.54, 1.807) is 13.8 Å². The molecule has 0 amide bonds. The van der Waals surface area contributed by atoms with Crippen LogP contribution in [0.15, 0.2) is 102 Å². The maximum atomic E-state index is 10.3. The van der Waals surface area contributed by atoms with Gasteiger partial charge < -0.3 is 14.7 Å². The third kappa shape index (κ3) is 5.90. The van der Waals surface area contributed by atoms with Crippen molar-refractivity contribution >= 4 is 18.8 Å². The molecule has 4 rings (SSSR count). The van der Waals surface area contributed by atoms with Crippen molar-refractivity contribution < 1.29 is 9.76 Å². The minimum atomic E-state index is -0.961. The van der Waals surface area contributed by atoms with E-state index in [-0.39, 0.29) is 5.84 Å². The number of H-pyrrole nitrogens is 1. The Morgan fingerprint density at radius 3 is 2.00 bits per heavy atom. The molecule has 36 heavy (non-hydrogen) atoms. The van der Waals surface area contributed by atoms with E-state index in [1.807, 2.05) is 92.8 Å². The van der Waals surface area contributed by atoms with Gasteiger partial charge in [-0.05, 0) is 50.5 Å². The van der Waals surface area contributed by atoms with E-state index in [0.717, 1.165) is 27.7 Å². The first-order chi connectivity index (χ1) is 17.1. The largest absolute Gasteiger partial charge is 0.427 e. The SMILES string of the molecule is CC(C)(O)C(C)(C)OBc1ccc(C(=N)/N=c2\[nH]cc(-c3ccccc3)cc2-c2ccccc2)cc1. The lowest BCUT2D eigenvalue weighted by Crippen LogP contribution is -2.49. The van der Waals surface area contributed by atoms with Crippen LogP contribution in [0.2, 0.25) is 0 Å². The Morgan fingerprint density at radius 2 is 1.42 bits per heavy atom. The summed E-state index contributed by atoms with van der Waals surface area (Å²) < 4.78 is 5.96. The highest BCUT2D eigenvalue weighted by Gasteiger charge is 2.35. The van der Waals surface area contributed by atoms with Crippen LogP contribution in [0.1, 0.15) is 33.3 Å². The molecule has 3 aromatic carbocycles. The number of hydrogen-bond donors (Lipinski definition) is 3. The summed E-state index contributed by atoms with van der Waals surface area (Å²) in [5.41, 5.74) is 4.77. The van der Waals surface area contributed by atoms with Crippen LogP contribution in [0.5, 0.6) is 0 Å². The van der Waals surface area contributed by atoms with Gasteiger partial charge in [0, 0.05) is 17.3 Å². The molecule has 0 saturated heterocycles. The molecule has 3 N–H and O–H groups in total. The molecule has 0 unspecified atom stereocenters. The third-order valence-corrected chi connectivity index (χ3v) is 6.64. The molecule has 0 atom stereocenters. The summed E-state index contributed by atoms with van der Waals surface area (Å²) in [6.07, 6.45) is 1.93. The number of nitrogens with zero attached hydrogens (tertiary/aromatic N) is 1. The quantitative estimate of drug-likeness (QED) is 0.203. The van der Waals surface area contributed by atoms with E-state index in [9.17, 15) is 5.11 Å². The smallest absolute Gasteiger partial charge is 0.309 e. The van der Waals surface area contributed by atoms with E-state index in [2.05, 4.69) is 28.2 Å². The summed E-state index contributed by atoms with van der Waals surface area (Å²) in [4.78, 5) is 7.97. The lowest BCUT2D eigenvalue weighted by atomic mass is 9.82. The van der Waals surface area contributed by atoms with Crippen molar-refractivity contribution in [3.63, 3.8) is 0 Å². The van der Waals surface area contributed by atoms with Gasteiger partial charge in [-0.3, -0.25) is 5.41 Å². The van der Waals surface area contributed by atoms with Crippen molar-refractivity contribution in [1.82, 2.24) is 4.98 Å². The van der Waals surface area contributed by atoms with Crippen molar-refractivity contribution in [1.29, 1.82) is 5.41 Å². The Balaban J connectivity index is 1.61. The highest BCUT2D eigenvalue weighted by atomic mass is 16.5. The van der Waals surface area contributed by atoms with Gasteiger partial charge in [-0.1, -0.05) is 90.4 Å². The zero-order valence-corrected chi connectivity index (χ0v) is 21.2. The van der Waals surface area contributed by atoms with E-state index in [0.29, 0.717) is 18.5 Å². The predicted molar refractivity (Wildman–Crippen MR) is 149 cm³/mol. The van der Waals surface area contributed by atoms with E-state index in [4.69, 9.17) is 10.1 Å². The summed E-state index contributed by atoms with van der Waals surface area (Å²) in [5, 5.41) is 18.9. The van der Waals surface area contributed by atoms with Crippen LogP contribution in [0.4, 0.5) is 0 Å². The first kappa shape index (κ1) is 25.4. The van der Waals surface area contributed by atoms with Gasteiger partial charge in [0.1, 0.15) is 5.49 Å². The van der Waals surface area contributed by atoms with Crippen molar-refractivity contribution in [2.24, 2.45) is 4.99 Å². The standard InChI is InChI=1S/C30H32BN3O2/c1-29(2,35)30(3,4)36-31-25-17-15-23(16-18-25)27(32)34-28-26(22-13-9-6-10-14-22)19-24(20-33-28)21-11-7-5-8-12-21/h5-20,31,35H,1-4H3,(H2,32,33,34). The van der Waals surface area contributed by atoms with Crippen LogP contribution in [0.25, 0.3) is 22.3 Å². The summed E-state index contributed by atoms with van der Waals surface area (Å²) >= 11 is 0. The van der Waals surface area contributed by atoms with Gasteiger partial charge in [0.2, 0.25) is 0 Å². The minimum absolute atomic E-state index is 0.167. The summed E-state index contributed by atoms with van der Waals surface area (Å²) in [6.45, 7) is 7.23. The van der Waals surface area contributed by atoms with Crippen LogP contribution in [-0.4, -0.2) is 34.6 Å². The van der Waals surface area contributed by atoms with Gasteiger partial charge in [-0.25, -0.2) is 4.99 Å². The lowest BCUT2D eigenvalue weighted by molar-refractivity contribution is -0.0893. The predicted octanol–water partition coefficient (Wildman–Crippen LogP) is 4.82. The van der Waals surface area contributed by atoms with Gasteiger partial charge in [0.15, 0.2) is 5.84 Å². The number of rotatable bonds is 7. The molecule has 0 spiro atoms. The molecule has 5 nitrogen and oxygen atoms in total. The van der Waals surface area contributed by atoms with Crippen molar-refractivity contribution in [3.8, 4) is 22.3 Å². The third-order valence-electron chi connectivity index (χ3n) is 6.64. The zero-order chi connectivity index (χ0) is 25.8. The van der Waals surface area contributed by atoms with Crippen LogP contribution in [0, 0.1) is 5.41 Å². The molecule has 0 aliphatic rings. The topological polar surface area (TPSA) is 81.5 Å². The van der Waals surface area contributed by atoms with Crippen molar-refractivity contribution in [3.05, 3.63) is 108 Å². The molecule has 0 fully saturated rings. The van der Waals surface area contributed by atoms with Crippen LogP contribution in [-0.2, 0) is 4.65 Å². The molecule has 1 heterocycles. The molecule has 4 aromatic rings. The highest BCUT2D eigenvalue weighted by molar-refractivity contribution is 6.47. The monoisotopic (exact) mass is 477 g/mol. The maximum absolute atomic E-state index is 10.3. The van der Waals surface area contributed by atoms with Gasteiger partial charge in [0.05, 0.1) is 11.2 Å². The fourth-order valence-electron chi connectivity index (χ4n) is 3.59. The number of aromatic nitrogens is 1. The Kier molecular flexibility index (Phi) is 7.39. The Morgan fingerprint density at radius 1 is 0.833 bits per heavy atom. The number of aromatic amines is 1. The van der Waals surface area contributed by atoms with Gasteiger partial charge >= 0.3 is 7.48 Å². The molecular weight excluding hydrogens is 445 g/mol. The van der Waals surface area contributed by atoms with Gasteiger partial charge in [0.25, 0.3) is 0 Å².